The summed E-state index contributed by atoms with van der Waals surface area (Å²) in [7, 11) is 0. The lowest BCUT2D eigenvalue weighted by molar-refractivity contribution is -0.118. The van der Waals surface area contributed by atoms with Gasteiger partial charge in [-0.2, -0.15) is 0 Å². The molecule has 4 heteroatoms. The predicted octanol–water partition coefficient (Wildman–Crippen LogP) is 1.60. The minimum atomic E-state index is -1.83. The molecular weight excluding hydrogens is 136 g/mol. The summed E-state index contributed by atoms with van der Waals surface area (Å²) < 4.78 is 0. The van der Waals surface area contributed by atoms with Gasteiger partial charge in [0.15, 0.2) is 0 Å². The molecule has 0 fully saturated rings. The molecule has 0 rings (SSSR count). The Hall–Kier alpha value is -1.06. The third kappa shape index (κ3) is 28.3. The fourth-order valence-corrected chi connectivity index (χ4v) is 0.250. The van der Waals surface area contributed by atoms with Crippen LogP contribution >= 0.6 is 0 Å². The second-order valence-corrected chi connectivity index (χ2v) is 1.53. The van der Waals surface area contributed by atoms with Crippen molar-refractivity contribution in [3.8, 4) is 0 Å². The van der Waals surface area contributed by atoms with Crippen LogP contribution < -0.4 is 0 Å². The van der Waals surface area contributed by atoms with Crippen LogP contribution in [0.2, 0.25) is 0 Å². The quantitative estimate of drug-likeness (QED) is 0.623. The Morgan fingerprint density at radius 1 is 1.10 bits per heavy atom. The van der Waals surface area contributed by atoms with E-state index in [1.807, 2.05) is 13.8 Å². The van der Waals surface area contributed by atoms with E-state index in [0.29, 0.717) is 18.6 Å². The number of ketones is 1. The summed E-state index contributed by atoms with van der Waals surface area (Å²) in [6.07, 6.45) is -0.451. The third-order valence-electron chi connectivity index (χ3n) is 0.789. The van der Waals surface area contributed by atoms with Gasteiger partial charge in [0.05, 0.1) is 0 Å². The molecule has 0 aliphatic heterocycles. The normalized spacial score (nSPS) is 7.40. The predicted molar refractivity (Wildman–Crippen MR) is 36.2 cm³/mol. The summed E-state index contributed by atoms with van der Waals surface area (Å²) in [6, 6.07) is 0. The molecule has 0 aromatic heterocycles. The van der Waals surface area contributed by atoms with Crippen LogP contribution in [0.5, 0.6) is 0 Å². The maximum Gasteiger partial charge on any atom is 0.503 e. The minimum Gasteiger partial charge on any atom is -0.450 e. The summed E-state index contributed by atoms with van der Waals surface area (Å²) in [6.45, 7) is 3.76. The molecule has 0 aliphatic carbocycles. The molecule has 4 nitrogen and oxygen atoms in total. The number of carbonyl (C=O) groups excluding carboxylic acids is 1. The second kappa shape index (κ2) is 7.94. The van der Waals surface area contributed by atoms with Crippen molar-refractivity contribution in [3.63, 3.8) is 0 Å². The van der Waals surface area contributed by atoms with Crippen molar-refractivity contribution >= 4 is 11.9 Å². The maximum absolute atomic E-state index is 10.2. The number of Topliss-reactive ketones (excluding diaryl/α,β-unsaturated/α-hetero) is 1. The van der Waals surface area contributed by atoms with Crippen molar-refractivity contribution in [2.45, 2.75) is 26.7 Å². The van der Waals surface area contributed by atoms with E-state index in [0.717, 1.165) is 0 Å². The van der Waals surface area contributed by atoms with E-state index >= 15 is 0 Å². The van der Waals surface area contributed by atoms with Gasteiger partial charge in [-0.25, -0.2) is 4.79 Å². The third-order valence-corrected chi connectivity index (χ3v) is 0.789. The lowest BCUT2D eigenvalue weighted by Crippen LogP contribution is -1.88. The Balaban J connectivity index is 0. The van der Waals surface area contributed by atoms with Crippen molar-refractivity contribution in [1.29, 1.82) is 0 Å². The number of hydrogen-bond acceptors (Lipinski definition) is 2. The van der Waals surface area contributed by atoms with E-state index in [1.165, 1.54) is 0 Å². The fraction of sp³-hybridized carbons (Fsp3) is 0.667. The van der Waals surface area contributed by atoms with Gasteiger partial charge in [-0.3, -0.25) is 4.79 Å². The van der Waals surface area contributed by atoms with Crippen LogP contribution in [0.3, 0.4) is 0 Å². The molecular formula is C6H12O4. The summed E-state index contributed by atoms with van der Waals surface area (Å²) in [5, 5.41) is 13.9. The van der Waals surface area contributed by atoms with E-state index in [9.17, 15) is 4.79 Å². The van der Waals surface area contributed by atoms with Gasteiger partial charge in [-0.1, -0.05) is 13.8 Å². The van der Waals surface area contributed by atoms with Crippen LogP contribution in [0.4, 0.5) is 4.79 Å². The number of carboxylic acid groups (broad SMARTS) is 2. The summed E-state index contributed by atoms with van der Waals surface area (Å²) in [5.74, 6) is 0.343. The summed E-state index contributed by atoms with van der Waals surface area (Å²) in [4.78, 5) is 18.7. The first-order valence-electron chi connectivity index (χ1n) is 2.98. The van der Waals surface area contributed by atoms with Gasteiger partial charge in [0.1, 0.15) is 5.78 Å². The topological polar surface area (TPSA) is 74.6 Å². The van der Waals surface area contributed by atoms with E-state index in [4.69, 9.17) is 15.0 Å². The van der Waals surface area contributed by atoms with Crippen LogP contribution in [0.25, 0.3) is 0 Å². The number of rotatable bonds is 2. The first-order chi connectivity index (χ1) is 4.54. The molecule has 0 aliphatic rings. The molecule has 0 aromatic rings. The van der Waals surface area contributed by atoms with Crippen LogP contribution in [-0.2, 0) is 4.79 Å². The van der Waals surface area contributed by atoms with Crippen LogP contribution in [0.1, 0.15) is 26.7 Å². The van der Waals surface area contributed by atoms with Crippen molar-refractivity contribution < 1.29 is 19.8 Å². The highest BCUT2D eigenvalue weighted by Crippen LogP contribution is 1.83. The molecule has 0 saturated carbocycles. The average Bonchev–Trinajstić information content (AvgIpc) is 1.85. The molecule has 0 radical (unpaired) electrons. The minimum absolute atomic E-state index is 0.343. The standard InChI is InChI=1S/C5H10O.CH2O3/c1-3-5(6)4-2;2-1(3)4/h3-4H2,1-2H3;(H2,2,3,4). The van der Waals surface area contributed by atoms with Crippen LogP contribution in [0.15, 0.2) is 0 Å². The van der Waals surface area contributed by atoms with Crippen LogP contribution in [-0.4, -0.2) is 22.2 Å². The molecule has 0 aromatic carbocycles. The van der Waals surface area contributed by atoms with Gasteiger partial charge < -0.3 is 10.2 Å². The number of hydrogen-bond donors (Lipinski definition) is 2. The van der Waals surface area contributed by atoms with Crippen LogP contribution in [0, 0.1) is 0 Å². The maximum atomic E-state index is 10.2. The Morgan fingerprint density at radius 2 is 1.30 bits per heavy atom. The summed E-state index contributed by atoms with van der Waals surface area (Å²) >= 11 is 0. The molecule has 0 saturated heterocycles. The second-order valence-electron chi connectivity index (χ2n) is 1.53. The highest BCUT2D eigenvalue weighted by molar-refractivity contribution is 5.77. The Morgan fingerprint density at radius 3 is 1.30 bits per heavy atom. The number of carbonyl (C=O) groups is 2. The van der Waals surface area contributed by atoms with Gasteiger partial charge in [0, 0.05) is 12.8 Å². The zero-order chi connectivity index (χ0) is 8.57. The lowest BCUT2D eigenvalue weighted by Gasteiger charge is -1.81. The Kier molecular flexibility index (Phi) is 9.29. The highest BCUT2D eigenvalue weighted by Gasteiger charge is 1.86. The molecule has 0 atom stereocenters. The lowest BCUT2D eigenvalue weighted by atomic mass is 10.3. The Labute approximate surface area is 59.5 Å². The molecule has 0 amide bonds. The van der Waals surface area contributed by atoms with Crippen molar-refractivity contribution in [1.82, 2.24) is 0 Å². The highest BCUT2D eigenvalue weighted by atomic mass is 16.6. The van der Waals surface area contributed by atoms with Crippen molar-refractivity contribution in [2.75, 3.05) is 0 Å². The molecule has 0 unspecified atom stereocenters. The van der Waals surface area contributed by atoms with E-state index in [-0.39, 0.29) is 0 Å². The van der Waals surface area contributed by atoms with E-state index < -0.39 is 6.16 Å². The molecule has 2 N–H and O–H groups in total. The van der Waals surface area contributed by atoms with Crippen molar-refractivity contribution in [3.05, 3.63) is 0 Å². The van der Waals surface area contributed by atoms with Crippen molar-refractivity contribution in [2.24, 2.45) is 0 Å². The first kappa shape index (κ1) is 11.7. The molecule has 0 bridgehead atoms. The Bertz CT molecular complexity index is 98.3. The largest absolute Gasteiger partial charge is 0.503 e. The van der Waals surface area contributed by atoms with Gasteiger partial charge in [0.25, 0.3) is 0 Å². The fourth-order valence-electron chi connectivity index (χ4n) is 0.250. The monoisotopic (exact) mass is 148 g/mol. The smallest absolute Gasteiger partial charge is 0.450 e. The molecule has 60 valence electrons. The van der Waals surface area contributed by atoms with Gasteiger partial charge >= 0.3 is 6.16 Å². The van der Waals surface area contributed by atoms with Gasteiger partial charge in [0.2, 0.25) is 0 Å². The summed E-state index contributed by atoms with van der Waals surface area (Å²) in [5.41, 5.74) is 0. The van der Waals surface area contributed by atoms with E-state index in [2.05, 4.69) is 0 Å². The van der Waals surface area contributed by atoms with E-state index in [1.54, 1.807) is 0 Å². The molecule has 0 spiro atoms. The zero-order valence-corrected chi connectivity index (χ0v) is 6.13. The van der Waals surface area contributed by atoms with Gasteiger partial charge in [-0.15, -0.1) is 0 Å². The SMILES string of the molecule is CCC(=O)CC.O=C(O)O. The molecule has 10 heavy (non-hydrogen) atoms. The molecule has 0 heterocycles. The zero-order valence-electron chi connectivity index (χ0n) is 6.13. The average molecular weight is 148 g/mol. The first-order valence-corrected chi connectivity index (χ1v) is 2.98. The van der Waals surface area contributed by atoms with Gasteiger partial charge in [-0.05, 0) is 0 Å².